The van der Waals surface area contributed by atoms with E-state index in [4.69, 9.17) is 4.74 Å². The molecular formula is C11H14FN3O5S. The lowest BCUT2D eigenvalue weighted by atomic mass is 10.2. The zero-order chi connectivity index (χ0) is 15.8. The van der Waals surface area contributed by atoms with Gasteiger partial charge in [0.05, 0.1) is 30.1 Å². The third-order valence-corrected chi connectivity index (χ3v) is 4.95. The Hall–Kier alpha value is -1.78. The van der Waals surface area contributed by atoms with Crippen LogP contribution in [0.3, 0.4) is 0 Å². The Kier molecular flexibility index (Phi) is 4.12. The molecule has 1 aliphatic heterocycles. The van der Waals surface area contributed by atoms with Gasteiger partial charge in [0.2, 0.25) is 0 Å². The Morgan fingerprint density at radius 3 is 2.38 bits per heavy atom. The van der Waals surface area contributed by atoms with Gasteiger partial charge < -0.3 is 4.74 Å². The molecule has 1 fully saturated rings. The first-order chi connectivity index (χ1) is 9.70. The number of likely N-dealkylation sites (N-methyl/N-ethyl adjacent to an activating group) is 2. The van der Waals surface area contributed by atoms with E-state index in [1.807, 2.05) is 0 Å². The molecule has 0 aromatic heterocycles. The normalized spacial score (nSPS) is 20.3. The number of ether oxygens (including phenoxy) is 1. The molecule has 116 valence electrons. The summed E-state index contributed by atoms with van der Waals surface area (Å²) in [5, 5.41) is 10.7. The van der Waals surface area contributed by atoms with Crippen molar-refractivity contribution in [1.29, 1.82) is 0 Å². The Balaban J connectivity index is 2.18. The number of nitro benzene ring substituents is 1. The summed E-state index contributed by atoms with van der Waals surface area (Å²) >= 11 is 0. The molecule has 1 aromatic rings. The third kappa shape index (κ3) is 3.28. The number of nitro groups is 1. The zero-order valence-corrected chi connectivity index (χ0v) is 12.2. The summed E-state index contributed by atoms with van der Waals surface area (Å²) in [6.45, 7) is 0.161. The average Bonchev–Trinajstić information content (AvgIpc) is 2.35. The third-order valence-electron chi connectivity index (χ3n) is 3.08. The molecule has 1 aliphatic rings. The molecule has 0 aliphatic carbocycles. The van der Waals surface area contributed by atoms with Gasteiger partial charge in [-0.1, -0.05) is 0 Å². The van der Waals surface area contributed by atoms with Crippen LogP contribution in [0.15, 0.2) is 18.2 Å². The Bertz CT molecular complexity index is 648. The number of halogens is 1. The van der Waals surface area contributed by atoms with Gasteiger partial charge in [-0.2, -0.15) is 17.0 Å². The van der Waals surface area contributed by atoms with E-state index in [-0.39, 0.29) is 18.8 Å². The number of nitrogens with zero attached hydrogens (tertiary/aromatic N) is 3. The van der Waals surface area contributed by atoms with Gasteiger partial charge in [-0.3, -0.25) is 10.1 Å². The molecule has 0 bridgehead atoms. The first-order valence-corrected chi connectivity index (χ1v) is 7.39. The maximum Gasteiger partial charge on any atom is 0.281 e. The lowest BCUT2D eigenvalue weighted by Gasteiger charge is -2.35. The number of benzene rings is 1. The van der Waals surface area contributed by atoms with Crippen LogP contribution >= 0.6 is 0 Å². The van der Waals surface area contributed by atoms with Crippen molar-refractivity contribution in [3.63, 3.8) is 0 Å². The molecule has 10 heteroatoms. The van der Waals surface area contributed by atoms with Crippen molar-refractivity contribution in [2.24, 2.45) is 0 Å². The topological polar surface area (TPSA) is 93.0 Å². The molecule has 1 saturated heterocycles. The van der Waals surface area contributed by atoms with Crippen LogP contribution < -0.4 is 4.74 Å². The Labute approximate surface area is 121 Å². The van der Waals surface area contributed by atoms with Gasteiger partial charge in [0.25, 0.3) is 15.9 Å². The van der Waals surface area contributed by atoms with Crippen LogP contribution in [-0.2, 0) is 10.2 Å². The molecule has 0 saturated carbocycles. The summed E-state index contributed by atoms with van der Waals surface area (Å²) in [5.41, 5.74) is -0.421. The van der Waals surface area contributed by atoms with Gasteiger partial charge in [-0.25, -0.2) is 4.39 Å². The zero-order valence-electron chi connectivity index (χ0n) is 11.4. The van der Waals surface area contributed by atoms with E-state index in [2.05, 4.69) is 0 Å². The van der Waals surface area contributed by atoms with Crippen molar-refractivity contribution in [3.8, 4) is 5.75 Å². The van der Waals surface area contributed by atoms with Crippen LogP contribution in [0, 0.1) is 15.9 Å². The van der Waals surface area contributed by atoms with Crippen LogP contribution in [0.4, 0.5) is 10.1 Å². The molecule has 0 N–H and O–H groups in total. The summed E-state index contributed by atoms with van der Waals surface area (Å²) in [5.74, 6) is -0.794. The van der Waals surface area contributed by atoms with Gasteiger partial charge in [0, 0.05) is 20.2 Å². The second-order valence-corrected chi connectivity index (χ2v) is 6.85. The summed E-state index contributed by atoms with van der Waals surface area (Å²) in [4.78, 5) is 9.95. The second-order valence-electron chi connectivity index (χ2n) is 4.71. The maximum absolute atomic E-state index is 13.3. The monoisotopic (exact) mass is 319 g/mol. The van der Waals surface area contributed by atoms with E-state index < -0.39 is 32.7 Å². The predicted octanol–water partition coefficient (Wildman–Crippen LogP) is 0.603. The molecule has 0 atom stereocenters. The van der Waals surface area contributed by atoms with Crippen LogP contribution in [0.5, 0.6) is 5.75 Å². The van der Waals surface area contributed by atoms with E-state index in [0.717, 1.165) is 26.8 Å². The Morgan fingerprint density at radius 2 is 1.86 bits per heavy atom. The quantitative estimate of drug-likeness (QED) is 0.601. The summed E-state index contributed by atoms with van der Waals surface area (Å²) in [7, 11) is -0.694. The smallest absolute Gasteiger partial charge is 0.281 e. The molecule has 21 heavy (non-hydrogen) atoms. The Morgan fingerprint density at radius 1 is 1.29 bits per heavy atom. The minimum Gasteiger partial charge on any atom is -0.487 e. The van der Waals surface area contributed by atoms with E-state index in [1.165, 1.54) is 14.1 Å². The highest BCUT2D eigenvalue weighted by molar-refractivity contribution is 7.86. The van der Waals surface area contributed by atoms with Crippen LogP contribution in [0.2, 0.25) is 0 Å². The van der Waals surface area contributed by atoms with Crippen molar-refractivity contribution in [2.45, 2.75) is 6.10 Å². The van der Waals surface area contributed by atoms with Gasteiger partial charge in [0.15, 0.2) is 0 Å². The van der Waals surface area contributed by atoms with Gasteiger partial charge in [0.1, 0.15) is 17.7 Å². The lowest BCUT2D eigenvalue weighted by Crippen LogP contribution is -2.54. The number of hydrogen-bond acceptors (Lipinski definition) is 5. The molecule has 0 radical (unpaired) electrons. The molecule has 0 amide bonds. The highest BCUT2D eigenvalue weighted by Crippen LogP contribution is 2.24. The van der Waals surface area contributed by atoms with E-state index in [0.29, 0.717) is 0 Å². The van der Waals surface area contributed by atoms with Crippen LogP contribution in [0.1, 0.15) is 0 Å². The number of hydrogen-bond donors (Lipinski definition) is 0. The number of rotatable bonds is 3. The average molecular weight is 319 g/mol. The van der Waals surface area contributed by atoms with Crippen molar-refractivity contribution in [3.05, 3.63) is 34.1 Å². The van der Waals surface area contributed by atoms with E-state index in [1.54, 1.807) is 0 Å². The standard InChI is InChI=1S/C11H14FN3O5S/c1-13-6-11(7-14(2)21(13,18)19)20-10-4-8(12)3-9(5-10)15(16)17/h3-5,11H,6-7H2,1-2H3. The largest absolute Gasteiger partial charge is 0.487 e. The SMILES string of the molecule is CN1CC(Oc2cc(F)cc([N+](=O)[O-])c2)CN(C)S1(=O)=O. The highest BCUT2D eigenvalue weighted by atomic mass is 32.2. The minimum absolute atomic E-state index is 0.00667. The molecule has 0 spiro atoms. The fourth-order valence-electron chi connectivity index (χ4n) is 2.05. The summed E-state index contributed by atoms with van der Waals surface area (Å²) in [6, 6.07) is 2.92. The van der Waals surface area contributed by atoms with Crippen molar-refractivity contribution >= 4 is 15.9 Å². The van der Waals surface area contributed by atoms with E-state index >= 15 is 0 Å². The molecular weight excluding hydrogens is 305 g/mol. The fourth-order valence-corrected chi connectivity index (χ4v) is 3.23. The van der Waals surface area contributed by atoms with Gasteiger partial charge in [-0.15, -0.1) is 0 Å². The predicted molar refractivity (Wildman–Crippen MR) is 71.7 cm³/mol. The van der Waals surface area contributed by atoms with Gasteiger partial charge in [-0.05, 0) is 0 Å². The molecule has 8 nitrogen and oxygen atoms in total. The number of non-ortho nitro benzene ring substituents is 1. The summed E-state index contributed by atoms with van der Waals surface area (Å²) < 4.78 is 44.5. The first kappa shape index (κ1) is 15.6. The van der Waals surface area contributed by atoms with E-state index in [9.17, 15) is 22.9 Å². The van der Waals surface area contributed by atoms with Crippen LogP contribution in [0.25, 0.3) is 0 Å². The fraction of sp³-hybridized carbons (Fsp3) is 0.455. The van der Waals surface area contributed by atoms with Gasteiger partial charge >= 0.3 is 0 Å². The first-order valence-electron chi connectivity index (χ1n) is 5.99. The summed E-state index contributed by atoms with van der Waals surface area (Å²) in [6.07, 6.45) is -0.551. The van der Waals surface area contributed by atoms with Crippen LogP contribution in [-0.4, -0.2) is 55.2 Å². The highest BCUT2D eigenvalue weighted by Gasteiger charge is 2.34. The lowest BCUT2D eigenvalue weighted by molar-refractivity contribution is -0.385. The second kappa shape index (κ2) is 5.54. The molecule has 2 rings (SSSR count). The van der Waals surface area contributed by atoms with Crippen molar-refractivity contribution in [2.75, 3.05) is 27.2 Å². The van der Waals surface area contributed by atoms with Crippen molar-refractivity contribution < 1.29 is 22.5 Å². The minimum atomic E-state index is -3.49. The maximum atomic E-state index is 13.3. The molecule has 1 heterocycles. The van der Waals surface area contributed by atoms with Crippen molar-refractivity contribution in [1.82, 2.24) is 8.61 Å². The molecule has 0 unspecified atom stereocenters. The molecule has 1 aromatic carbocycles.